The van der Waals surface area contributed by atoms with Gasteiger partial charge in [0.1, 0.15) is 10.6 Å². The number of hydrogen-bond acceptors (Lipinski definition) is 6. The van der Waals surface area contributed by atoms with Gasteiger partial charge in [-0.15, -0.1) is 18.3 Å². The summed E-state index contributed by atoms with van der Waals surface area (Å²) in [4.78, 5) is 6.72. The number of alkyl halides is 6. The average molecular weight is 453 g/mol. The fourth-order valence-corrected chi connectivity index (χ4v) is 2.71. The number of nitrogens with two attached hydrogens (primary N) is 1. The van der Waals surface area contributed by atoms with Crippen molar-refractivity contribution >= 4 is 10.0 Å². The van der Waals surface area contributed by atoms with E-state index in [1.165, 1.54) is 0 Å². The molecule has 160 valence electrons. The Hall–Kier alpha value is -3.20. The third-order valence-corrected chi connectivity index (χ3v) is 4.37. The summed E-state index contributed by atoms with van der Waals surface area (Å²) in [6, 6.07) is 5.88. The fourth-order valence-electron chi connectivity index (χ4n) is 2.25. The topological polar surface area (TPSA) is 113 Å². The summed E-state index contributed by atoms with van der Waals surface area (Å²) < 4.78 is 103. The predicted octanol–water partition coefficient (Wildman–Crippen LogP) is 2.89. The van der Waals surface area contributed by atoms with Crippen LogP contribution in [0.1, 0.15) is 5.82 Å². The first-order valence-electron chi connectivity index (χ1n) is 7.64. The maximum Gasteiger partial charge on any atom is 0.573 e. The van der Waals surface area contributed by atoms with Crippen molar-refractivity contribution in [2.24, 2.45) is 5.14 Å². The molecule has 0 bridgehead atoms. The van der Waals surface area contributed by atoms with Crippen molar-refractivity contribution in [2.75, 3.05) is 0 Å². The first-order chi connectivity index (χ1) is 13.7. The Labute approximate surface area is 164 Å². The summed E-state index contributed by atoms with van der Waals surface area (Å²) in [5.74, 6) is -2.78. The lowest BCUT2D eigenvalue weighted by Crippen LogP contribution is -2.17. The van der Waals surface area contributed by atoms with Gasteiger partial charge >= 0.3 is 12.5 Å². The van der Waals surface area contributed by atoms with Gasteiger partial charge < -0.3 is 4.74 Å². The minimum absolute atomic E-state index is 0.0372. The van der Waals surface area contributed by atoms with Crippen molar-refractivity contribution in [3.63, 3.8) is 0 Å². The van der Waals surface area contributed by atoms with E-state index >= 15 is 0 Å². The van der Waals surface area contributed by atoms with Gasteiger partial charge in [-0.2, -0.15) is 17.9 Å². The quantitative estimate of drug-likeness (QED) is 0.608. The number of rotatable bonds is 4. The summed E-state index contributed by atoms with van der Waals surface area (Å²) in [5, 5.41) is 8.27. The van der Waals surface area contributed by atoms with Crippen LogP contribution in [0.25, 0.3) is 17.2 Å². The molecule has 0 atom stereocenters. The lowest BCUT2D eigenvalue weighted by atomic mass is 10.2. The molecule has 0 unspecified atom stereocenters. The molecule has 2 N–H and O–H groups in total. The van der Waals surface area contributed by atoms with Crippen LogP contribution in [0.3, 0.4) is 0 Å². The van der Waals surface area contributed by atoms with E-state index in [0.29, 0.717) is 4.68 Å². The van der Waals surface area contributed by atoms with E-state index in [0.717, 1.165) is 42.6 Å². The minimum Gasteiger partial charge on any atom is -0.406 e. The first kappa shape index (κ1) is 21.5. The molecule has 0 radical (unpaired) electrons. The van der Waals surface area contributed by atoms with Crippen LogP contribution in [-0.2, 0) is 16.2 Å². The van der Waals surface area contributed by atoms with Gasteiger partial charge in [0.15, 0.2) is 11.6 Å². The van der Waals surface area contributed by atoms with E-state index in [4.69, 9.17) is 5.14 Å². The number of nitrogens with zero attached hydrogens (tertiary/aromatic N) is 4. The van der Waals surface area contributed by atoms with Crippen LogP contribution in [0.15, 0.2) is 47.5 Å². The van der Waals surface area contributed by atoms with E-state index in [1.54, 1.807) is 0 Å². The highest BCUT2D eigenvalue weighted by Crippen LogP contribution is 2.31. The summed E-state index contributed by atoms with van der Waals surface area (Å²) >= 11 is 0. The third-order valence-electron chi connectivity index (χ3n) is 3.47. The zero-order valence-electron chi connectivity index (χ0n) is 14.3. The van der Waals surface area contributed by atoms with Crippen LogP contribution in [0.4, 0.5) is 26.3 Å². The molecule has 0 fully saturated rings. The van der Waals surface area contributed by atoms with Crippen molar-refractivity contribution in [1.82, 2.24) is 19.7 Å². The second-order valence-corrected chi connectivity index (χ2v) is 7.20. The zero-order valence-corrected chi connectivity index (χ0v) is 15.1. The molecule has 2 aromatic heterocycles. The van der Waals surface area contributed by atoms with Gasteiger partial charge in [0, 0.05) is 11.8 Å². The van der Waals surface area contributed by atoms with Gasteiger partial charge in [0.2, 0.25) is 10.0 Å². The Kier molecular flexibility index (Phi) is 5.19. The molecule has 0 saturated carbocycles. The van der Waals surface area contributed by atoms with Crippen molar-refractivity contribution in [3.8, 4) is 23.0 Å². The number of ether oxygens (including phenoxy) is 1. The Morgan fingerprint density at radius 3 is 2.07 bits per heavy atom. The van der Waals surface area contributed by atoms with Gasteiger partial charge in [-0.05, 0) is 36.4 Å². The minimum atomic E-state index is -4.94. The van der Waals surface area contributed by atoms with Gasteiger partial charge in [0.25, 0.3) is 5.82 Å². The highest BCUT2D eigenvalue weighted by Gasteiger charge is 2.38. The Balaban J connectivity index is 2.07. The van der Waals surface area contributed by atoms with E-state index in [9.17, 15) is 34.8 Å². The smallest absolute Gasteiger partial charge is 0.406 e. The lowest BCUT2D eigenvalue weighted by Gasteiger charge is -2.09. The van der Waals surface area contributed by atoms with E-state index < -0.39 is 44.9 Å². The van der Waals surface area contributed by atoms with Crippen LogP contribution in [0.5, 0.6) is 5.75 Å². The summed E-state index contributed by atoms with van der Waals surface area (Å²) in [7, 11) is -4.10. The highest BCUT2D eigenvalue weighted by molar-refractivity contribution is 7.89. The molecule has 0 saturated heterocycles. The largest absolute Gasteiger partial charge is 0.573 e. The van der Waals surface area contributed by atoms with E-state index in [2.05, 4.69) is 19.8 Å². The maximum absolute atomic E-state index is 13.1. The molecule has 0 aliphatic carbocycles. The third kappa shape index (κ3) is 4.85. The SMILES string of the molecule is NS(=O)(=O)c1ccc(-n2nc(C(F)(F)F)nc2-c2ccc(OC(F)(F)F)cc2)nc1. The molecule has 0 aliphatic rings. The predicted molar refractivity (Wildman–Crippen MR) is 87.6 cm³/mol. The Morgan fingerprint density at radius 2 is 1.60 bits per heavy atom. The molecule has 2 heterocycles. The Bertz CT molecular complexity index is 1160. The van der Waals surface area contributed by atoms with Crippen molar-refractivity contribution in [3.05, 3.63) is 48.4 Å². The molecule has 0 amide bonds. The summed E-state index contributed by atoms with van der Waals surface area (Å²) in [6.45, 7) is 0. The van der Waals surface area contributed by atoms with Gasteiger partial charge in [-0.1, -0.05) is 0 Å². The van der Waals surface area contributed by atoms with Crippen molar-refractivity contribution < 1.29 is 39.5 Å². The van der Waals surface area contributed by atoms with Crippen molar-refractivity contribution in [1.29, 1.82) is 0 Å². The number of halogens is 6. The molecule has 0 spiro atoms. The number of hydrogen-bond donors (Lipinski definition) is 1. The normalized spacial score (nSPS) is 12.8. The van der Waals surface area contributed by atoms with Crippen molar-refractivity contribution in [2.45, 2.75) is 17.4 Å². The molecule has 8 nitrogen and oxygen atoms in total. The molecular weight excluding hydrogens is 444 g/mol. The van der Waals surface area contributed by atoms with Crippen LogP contribution in [0.2, 0.25) is 0 Å². The number of pyridine rings is 1. The molecule has 1 aromatic carbocycles. The number of aromatic nitrogens is 4. The summed E-state index contributed by atoms with van der Waals surface area (Å²) in [6.07, 6.45) is -9.07. The molecule has 3 aromatic rings. The van der Waals surface area contributed by atoms with Gasteiger partial charge in [0.05, 0.1) is 0 Å². The molecule has 0 aliphatic heterocycles. The molecule has 30 heavy (non-hydrogen) atoms. The van der Waals surface area contributed by atoms with Crippen LogP contribution in [-0.4, -0.2) is 34.5 Å². The first-order valence-corrected chi connectivity index (χ1v) is 9.18. The monoisotopic (exact) mass is 453 g/mol. The second kappa shape index (κ2) is 7.24. The summed E-state index contributed by atoms with van der Waals surface area (Å²) in [5.41, 5.74) is -0.0372. The second-order valence-electron chi connectivity index (χ2n) is 5.64. The van der Waals surface area contributed by atoms with Gasteiger partial charge in [-0.3, -0.25) is 0 Å². The van der Waals surface area contributed by atoms with E-state index in [-0.39, 0.29) is 11.4 Å². The fraction of sp³-hybridized carbons (Fsp3) is 0.133. The molecule has 15 heteroatoms. The van der Waals surface area contributed by atoms with Crippen LogP contribution < -0.4 is 9.88 Å². The lowest BCUT2D eigenvalue weighted by molar-refractivity contribution is -0.274. The number of primary sulfonamides is 1. The highest BCUT2D eigenvalue weighted by atomic mass is 32.2. The van der Waals surface area contributed by atoms with Crippen LogP contribution in [0, 0.1) is 0 Å². The maximum atomic E-state index is 13.1. The average Bonchev–Trinajstić information content (AvgIpc) is 3.06. The van der Waals surface area contributed by atoms with Crippen LogP contribution >= 0.6 is 0 Å². The van der Waals surface area contributed by atoms with E-state index in [1.807, 2.05) is 0 Å². The molecular formula is C15H9F6N5O3S. The number of sulfonamides is 1. The molecule has 3 rings (SSSR count). The van der Waals surface area contributed by atoms with Gasteiger partial charge in [-0.25, -0.2) is 23.5 Å². The zero-order chi connectivity index (χ0) is 22.3. The number of benzene rings is 1. The Morgan fingerprint density at radius 1 is 0.967 bits per heavy atom. The standard InChI is InChI=1S/C15H9F6N5O3S/c16-14(17,18)13-24-12(8-1-3-9(4-2-8)29-15(19,20)21)26(25-13)11-6-5-10(7-23-11)30(22,27)28/h1-7H,(H2,22,27,28).